The van der Waals surface area contributed by atoms with Gasteiger partial charge in [-0.05, 0) is 135 Å². The topological polar surface area (TPSA) is 0 Å². The standard InChI is InChI=1S/C22H28/c1-11-12(2)16(6)20-10-22-18(8)14(4)13(3)17(7)21(22)9-19(20)15(11)5/h9-10H2,1-8H3. The lowest BCUT2D eigenvalue weighted by molar-refractivity contribution is 0.922. The Morgan fingerprint density at radius 3 is 0.682 bits per heavy atom. The highest BCUT2D eigenvalue weighted by Gasteiger charge is 2.25. The van der Waals surface area contributed by atoms with Crippen LogP contribution in [0.3, 0.4) is 0 Å². The van der Waals surface area contributed by atoms with E-state index in [2.05, 4.69) is 55.4 Å². The third-order valence-corrected chi connectivity index (χ3v) is 6.62. The van der Waals surface area contributed by atoms with Crippen LogP contribution in [-0.4, -0.2) is 0 Å². The van der Waals surface area contributed by atoms with Crippen molar-refractivity contribution in [1.29, 1.82) is 0 Å². The molecule has 1 aliphatic carbocycles. The van der Waals surface area contributed by atoms with Crippen molar-refractivity contribution in [2.45, 2.75) is 68.2 Å². The van der Waals surface area contributed by atoms with E-state index in [0.29, 0.717) is 0 Å². The zero-order valence-corrected chi connectivity index (χ0v) is 15.4. The predicted molar refractivity (Wildman–Crippen MR) is 96.4 cm³/mol. The van der Waals surface area contributed by atoms with E-state index in [-0.39, 0.29) is 0 Å². The molecule has 22 heavy (non-hydrogen) atoms. The minimum absolute atomic E-state index is 1.12. The highest BCUT2D eigenvalue weighted by molar-refractivity contribution is 5.61. The van der Waals surface area contributed by atoms with Gasteiger partial charge in [0.15, 0.2) is 0 Å². The Kier molecular flexibility index (Phi) is 3.47. The summed E-state index contributed by atoms with van der Waals surface area (Å²) in [5.41, 5.74) is 18.4. The van der Waals surface area contributed by atoms with Crippen molar-refractivity contribution >= 4 is 0 Å². The molecule has 0 heterocycles. The summed E-state index contributed by atoms with van der Waals surface area (Å²) in [4.78, 5) is 0. The van der Waals surface area contributed by atoms with Crippen LogP contribution >= 0.6 is 0 Å². The van der Waals surface area contributed by atoms with Crippen LogP contribution < -0.4 is 0 Å². The molecule has 0 spiro atoms. The molecule has 2 aromatic rings. The van der Waals surface area contributed by atoms with E-state index in [1.807, 2.05) is 0 Å². The molecule has 0 amide bonds. The molecule has 3 rings (SSSR count). The monoisotopic (exact) mass is 292 g/mol. The van der Waals surface area contributed by atoms with E-state index in [0.717, 1.165) is 12.8 Å². The number of hydrogen-bond acceptors (Lipinski definition) is 0. The summed E-state index contributed by atoms with van der Waals surface area (Å²) in [6, 6.07) is 0. The Morgan fingerprint density at radius 1 is 0.318 bits per heavy atom. The highest BCUT2D eigenvalue weighted by atomic mass is 14.3. The minimum atomic E-state index is 1.12. The molecule has 0 saturated heterocycles. The maximum atomic E-state index is 2.31. The lowest BCUT2D eigenvalue weighted by Gasteiger charge is -2.30. The molecule has 2 aromatic carbocycles. The normalized spacial score (nSPS) is 13.1. The molecular formula is C22H28. The summed E-state index contributed by atoms with van der Waals surface area (Å²) >= 11 is 0. The summed E-state index contributed by atoms with van der Waals surface area (Å²) in [7, 11) is 0. The first-order valence-electron chi connectivity index (χ1n) is 8.41. The van der Waals surface area contributed by atoms with Crippen molar-refractivity contribution in [3.63, 3.8) is 0 Å². The fraction of sp³-hybridized carbons (Fsp3) is 0.455. The van der Waals surface area contributed by atoms with Crippen molar-refractivity contribution in [2.75, 3.05) is 0 Å². The van der Waals surface area contributed by atoms with Gasteiger partial charge in [-0.2, -0.15) is 0 Å². The molecule has 0 fully saturated rings. The maximum absolute atomic E-state index is 2.31. The largest absolute Gasteiger partial charge is 0.0447 e. The molecule has 0 aromatic heterocycles. The third-order valence-electron chi connectivity index (χ3n) is 6.62. The van der Waals surface area contributed by atoms with Gasteiger partial charge in [0.25, 0.3) is 0 Å². The molecular weight excluding hydrogens is 264 g/mol. The summed E-state index contributed by atoms with van der Waals surface area (Å²) < 4.78 is 0. The van der Waals surface area contributed by atoms with E-state index in [1.54, 1.807) is 22.3 Å². The van der Waals surface area contributed by atoms with Crippen LogP contribution in [0, 0.1) is 55.4 Å². The van der Waals surface area contributed by atoms with Gasteiger partial charge < -0.3 is 0 Å². The van der Waals surface area contributed by atoms with Crippen LogP contribution in [-0.2, 0) is 12.8 Å². The fourth-order valence-electron chi connectivity index (χ4n) is 4.25. The average Bonchev–Trinajstić information content (AvgIpc) is 2.52. The molecule has 0 nitrogen and oxygen atoms in total. The Balaban J connectivity index is 2.32. The number of hydrogen-bond donors (Lipinski definition) is 0. The number of fused-ring (bicyclic) bond motifs is 2. The first kappa shape index (κ1) is 15.3. The molecule has 0 N–H and O–H groups in total. The Morgan fingerprint density at radius 2 is 0.500 bits per heavy atom. The summed E-state index contributed by atoms with van der Waals surface area (Å²) in [6.07, 6.45) is 2.23. The van der Waals surface area contributed by atoms with Crippen molar-refractivity contribution in [1.82, 2.24) is 0 Å². The van der Waals surface area contributed by atoms with Gasteiger partial charge in [-0.15, -0.1) is 0 Å². The van der Waals surface area contributed by atoms with Gasteiger partial charge in [0, 0.05) is 0 Å². The zero-order chi connectivity index (χ0) is 16.3. The van der Waals surface area contributed by atoms with E-state index in [1.165, 1.54) is 44.5 Å². The summed E-state index contributed by atoms with van der Waals surface area (Å²) in [6.45, 7) is 18.4. The van der Waals surface area contributed by atoms with Crippen LogP contribution in [0.4, 0.5) is 0 Å². The highest BCUT2D eigenvalue weighted by Crippen LogP contribution is 2.39. The minimum Gasteiger partial charge on any atom is -0.0447 e. The molecule has 0 atom stereocenters. The van der Waals surface area contributed by atoms with Gasteiger partial charge in [-0.3, -0.25) is 0 Å². The number of rotatable bonds is 0. The van der Waals surface area contributed by atoms with Gasteiger partial charge >= 0.3 is 0 Å². The molecule has 0 radical (unpaired) electrons. The molecule has 1 aliphatic rings. The second-order valence-corrected chi connectivity index (χ2v) is 7.27. The quantitative estimate of drug-likeness (QED) is 0.502. The molecule has 0 heteroatoms. The lowest BCUT2D eigenvalue weighted by Crippen LogP contribution is -2.17. The van der Waals surface area contributed by atoms with Crippen LogP contribution in [0.5, 0.6) is 0 Å². The van der Waals surface area contributed by atoms with E-state index in [4.69, 9.17) is 0 Å². The Bertz CT molecular complexity index is 669. The molecule has 0 unspecified atom stereocenters. The van der Waals surface area contributed by atoms with Gasteiger partial charge in [0.05, 0.1) is 0 Å². The SMILES string of the molecule is Cc1c(C)c(C)c2c(c1C)Cc1c(C)c(C)c(C)c(C)c1C2. The van der Waals surface area contributed by atoms with Gasteiger partial charge in [-0.1, -0.05) is 0 Å². The second kappa shape index (κ2) is 4.98. The summed E-state index contributed by atoms with van der Waals surface area (Å²) in [5.74, 6) is 0. The van der Waals surface area contributed by atoms with E-state index < -0.39 is 0 Å². The Labute approximate surface area is 135 Å². The van der Waals surface area contributed by atoms with Crippen molar-refractivity contribution in [3.8, 4) is 0 Å². The zero-order valence-electron chi connectivity index (χ0n) is 15.4. The molecule has 116 valence electrons. The lowest BCUT2D eigenvalue weighted by atomic mass is 9.74. The van der Waals surface area contributed by atoms with Crippen LogP contribution in [0.1, 0.15) is 66.8 Å². The van der Waals surface area contributed by atoms with Crippen molar-refractivity contribution in [3.05, 3.63) is 66.8 Å². The van der Waals surface area contributed by atoms with E-state index >= 15 is 0 Å². The maximum Gasteiger partial charge on any atom is -0.00144 e. The third kappa shape index (κ3) is 1.89. The summed E-state index contributed by atoms with van der Waals surface area (Å²) in [5, 5.41) is 0. The first-order chi connectivity index (χ1) is 10.3. The molecule has 0 bridgehead atoms. The van der Waals surface area contributed by atoms with Gasteiger partial charge in [0.2, 0.25) is 0 Å². The van der Waals surface area contributed by atoms with Crippen LogP contribution in [0.25, 0.3) is 0 Å². The van der Waals surface area contributed by atoms with Crippen LogP contribution in [0.2, 0.25) is 0 Å². The average molecular weight is 292 g/mol. The van der Waals surface area contributed by atoms with Gasteiger partial charge in [0.1, 0.15) is 0 Å². The fourth-order valence-corrected chi connectivity index (χ4v) is 4.25. The predicted octanol–water partition coefficient (Wildman–Crippen LogP) is 5.65. The second-order valence-electron chi connectivity index (χ2n) is 7.27. The molecule has 0 saturated carbocycles. The van der Waals surface area contributed by atoms with Crippen molar-refractivity contribution in [2.24, 2.45) is 0 Å². The Hall–Kier alpha value is -1.56. The van der Waals surface area contributed by atoms with Crippen LogP contribution in [0.15, 0.2) is 0 Å². The first-order valence-corrected chi connectivity index (χ1v) is 8.41. The van der Waals surface area contributed by atoms with Gasteiger partial charge in [-0.25, -0.2) is 0 Å². The van der Waals surface area contributed by atoms with Crippen molar-refractivity contribution < 1.29 is 0 Å². The smallest absolute Gasteiger partial charge is 0.00144 e. The number of benzene rings is 2. The molecule has 0 aliphatic heterocycles. The van der Waals surface area contributed by atoms with E-state index in [9.17, 15) is 0 Å².